The van der Waals surface area contributed by atoms with E-state index in [2.05, 4.69) is 15.3 Å². The van der Waals surface area contributed by atoms with E-state index in [4.69, 9.17) is 4.74 Å². The molecule has 0 unspecified atom stereocenters. The molecular formula is C18H14FN3O3S. The molecule has 6 nitrogen and oxygen atoms in total. The van der Waals surface area contributed by atoms with Crippen LogP contribution in [0.4, 0.5) is 10.1 Å². The van der Waals surface area contributed by atoms with E-state index in [0.29, 0.717) is 5.69 Å². The van der Waals surface area contributed by atoms with Crippen LogP contribution in [-0.2, 0) is 20.7 Å². The molecule has 0 aliphatic heterocycles. The maximum Gasteiger partial charge on any atom is 0.312 e. The minimum absolute atomic E-state index is 0.0363. The molecule has 0 fully saturated rings. The standard InChI is InChI=1S/C18H14FN3O3S/c19-14-5-1-2-6-15(14)22-16(23)10-25-17(24)8-13-11-26-18(21-13)12-4-3-7-20-9-12/h1-7,9,11H,8,10H2,(H,22,23). The molecule has 1 N–H and O–H groups in total. The Morgan fingerprint density at radius 2 is 2.04 bits per heavy atom. The highest BCUT2D eigenvalue weighted by molar-refractivity contribution is 7.13. The maximum atomic E-state index is 13.4. The maximum absolute atomic E-state index is 13.4. The quantitative estimate of drug-likeness (QED) is 0.674. The number of thiazole rings is 1. The molecule has 8 heteroatoms. The van der Waals surface area contributed by atoms with Gasteiger partial charge < -0.3 is 10.1 Å². The Morgan fingerprint density at radius 1 is 1.19 bits per heavy atom. The average molecular weight is 371 g/mol. The van der Waals surface area contributed by atoms with Crippen LogP contribution in [0.3, 0.4) is 0 Å². The number of nitrogens with zero attached hydrogens (tertiary/aromatic N) is 2. The molecule has 132 valence electrons. The zero-order chi connectivity index (χ0) is 18.4. The fraction of sp³-hybridized carbons (Fsp3) is 0.111. The first kappa shape index (κ1) is 17.7. The number of esters is 1. The molecule has 0 bridgehead atoms. The van der Waals surface area contributed by atoms with Gasteiger partial charge in [-0.3, -0.25) is 14.6 Å². The number of ether oxygens (including phenoxy) is 1. The van der Waals surface area contributed by atoms with Gasteiger partial charge in [-0.25, -0.2) is 9.37 Å². The van der Waals surface area contributed by atoms with Crippen molar-refractivity contribution in [3.8, 4) is 10.6 Å². The van der Waals surface area contributed by atoms with E-state index < -0.39 is 24.3 Å². The molecule has 1 aromatic carbocycles. The van der Waals surface area contributed by atoms with Crippen molar-refractivity contribution in [2.24, 2.45) is 0 Å². The molecule has 0 atom stereocenters. The number of hydrogen-bond acceptors (Lipinski definition) is 6. The number of rotatable bonds is 6. The lowest BCUT2D eigenvalue weighted by Gasteiger charge is -2.06. The molecule has 0 spiro atoms. The predicted octanol–water partition coefficient (Wildman–Crippen LogP) is 3.07. The Morgan fingerprint density at radius 3 is 2.81 bits per heavy atom. The lowest BCUT2D eigenvalue weighted by Crippen LogP contribution is -2.22. The van der Waals surface area contributed by atoms with E-state index in [0.717, 1.165) is 10.6 Å². The molecule has 2 heterocycles. The van der Waals surface area contributed by atoms with Gasteiger partial charge in [0, 0.05) is 23.3 Å². The van der Waals surface area contributed by atoms with Crippen LogP contribution < -0.4 is 5.32 Å². The van der Waals surface area contributed by atoms with Crippen molar-refractivity contribution in [3.63, 3.8) is 0 Å². The molecule has 26 heavy (non-hydrogen) atoms. The summed E-state index contributed by atoms with van der Waals surface area (Å²) in [6.07, 6.45) is 3.31. The minimum atomic E-state index is -0.613. The van der Waals surface area contributed by atoms with Crippen molar-refractivity contribution in [2.75, 3.05) is 11.9 Å². The summed E-state index contributed by atoms with van der Waals surface area (Å²) >= 11 is 1.39. The van der Waals surface area contributed by atoms with E-state index in [1.165, 1.54) is 29.5 Å². The van der Waals surface area contributed by atoms with E-state index in [-0.39, 0.29) is 12.1 Å². The summed E-state index contributed by atoms with van der Waals surface area (Å²) in [5.74, 6) is -1.76. The van der Waals surface area contributed by atoms with Crippen molar-refractivity contribution in [1.82, 2.24) is 9.97 Å². The first-order valence-corrected chi connectivity index (χ1v) is 8.54. The summed E-state index contributed by atoms with van der Waals surface area (Å²) < 4.78 is 18.4. The first-order chi connectivity index (χ1) is 12.6. The number of para-hydroxylation sites is 1. The molecule has 2 aromatic heterocycles. The number of anilines is 1. The Kier molecular flexibility index (Phi) is 5.65. The number of nitrogens with one attached hydrogen (secondary N) is 1. The van der Waals surface area contributed by atoms with Gasteiger partial charge in [-0.2, -0.15) is 0 Å². The van der Waals surface area contributed by atoms with Crippen molar-refractivity contribution in [1.29, 1.82) is 0 Å². The minimum Gasteiger partial charge on any atom is -0.455 e. The van der Waals surface area contributed by atoms with Crippen molar-refractivity contribution < 1.29 is 18.7 Å². The van der Waals surface area contributed by atoms with Gasteiger partial charge in [-0.15, -0.1) is 11.3 Å². The lowest BCUT2D eigenvalue weighted by atomic mass is 10.3. The Bertz CT molecular complexity index is 915. The summed E-state index contributed by atoms with van der Waals surface area (Å²) in [6.45, 7) is -0.493. The lowest BCUT2D eigenvalue weighted by molar-refractivity contribution is -0.146. The fourth-order valence-electron chi connectivity index (χ4n) is 2.10. The summed E-state index contributed by atoms with van der Waals surface area (Å²) in [7, 11) is 0. The number of hydrogen-bond donors (Lipinski definition) is 1. The molecule has 1 amide bonds. The highest BCUT2D eigenvalue weighted by Crippen LogP contribution is 2.22. The smallest absolute Gasteiger partial charge is 0.312 e. The van der Waals surface area contributed by atoms with Gasteiger partial charge in [0.1, 0.15) is 10.8 Å². The van der Waals surface area contributed by atoms with Gasteiger partial charge in [-0.1, -0.05) is 12.1 Å². The van der Waals surface area contributed by atoms with E-state index >= 15 is 0 Å². The second-order valence-corrected chi connectivity index (χ2v) is 6.11. The zero-order valence-corrected chi connectivity index (χ0v) is 14.3. The third-order valence-corrected chi connectivity index (χ3v) is 4.24. The van der Waals surface area contributed by atoms with Gasteiger partial charge in [-0.05, 0) is 24.3 Å². The van der Waals surface area contributed by atoms with Crippen LogP contribution in [0.25, 0.3) is 10.6 Å². The van der Waals surface area contributed by atoms with Crippen LogP contribution >= 0.6 is 11.3 Å². The number of amides is 1. The van der Waals surface area contributed by atoms with Gasteiger partial charge in [0.05, 0.1) is 17.8 Å². The van der Waals surface area contributed by atoms with Crippen LogP contribution in [0.15, 0.2) is 54.2 Å². The summed E-state index contributed by atoms with van der Waals surface area (Å²) in [4.78, 5) is 32.0. The van der Waals surface area contributed by atoms with Gasteiger partial charge in [0.25, 0.3) is 5.91 Å². The van der Waals surface area contributed by atoms with Crippen LogP contribution in [-0.4, -0.2) is 28.5 Å². The van der Waals surface area contributed by atoms with Crippen LogP contribution in [0.5, 0.6) is 0 Å². The highest BCUT2D eigenvalue weighted by atomic mass is 32.1. The van der Waals surface area contributed by atoms with Crippen molar-refractivity contribution >= 4 is 28.9 Å². The van der Waals surface area contributed by atoms with Crippen LogP contribution in [0.1, 0.15) is 5.69 Å². The number of pyridine rings is 1. The average Bonchev–Trinajstić information content (AvgIpc) is 3.11. The summed E-state index contributed by atoms with van der Waals surface area (Å²) in [5.41, 5.74) is 1.45. The Hall–Kier alpha value is -3.13. The molecule has 3 rings (SSSR count). The molecule has 0 saturated heterocycles. The van der Waals surface area contributed by atoms with E-state index in [1.54, 1.807) is 29.9 Å². The van der Waals surface area contributed by atoms with Crippen molar-refractivity contribution in [3.05, 3.63) is 65.7 Å². The van der Waals surface area contributed by atoms with Crippen molar-refractivity contribution in [2.45, 2.75) is 6.42 Å². The predicted molar refractivity (Wildman–Crippen MR) is 95.0 cm³/mol. The number of benzene rings is 1. The highest BCUT2D eigenvalue weighted by Gasteiger charge is 2.13. The van der Waals surface area contributed by atoms with E-state index in [1.807, 2.05) is 6.07 Å². The zero-order valence-electron chi connectivity index (χ0n) is 13.5. The fourth-order valence-corrected chi connectivity index (χ4v) is 2.91. The Labute approximate surface area is 152 Å². The number of halogens is 1. The number of carbonyl (C=O) groups excluding carboxylic acids is 2. The molecule has 0 aliphatic carbocycles. The third-order valence-electron chi connectivity index (χ3n) is 3.30. The van der Waals surface area contributed by atoms with E-state index in [9.17, 15) is 14.0 Å². The van der Waals surface area contributed by atoms with Gasteiger partial charge in [0.15, 0.2) is 6.61 Å². The largest absolute Gasteiger partial charge is 0.455 e. The SMILES string of the molecule is O=C(COC(=O)Cc1csc(-c2cccnc2)n1)Nc1ccccc1F. The van der Waals surface area contributed by atoms with Gasteiger partial charge >= 0.3 is 5.97 Å². The first-order valence-electron chi connectivity index (χ1n) is 7.66. The molecular weight excluding hydrogens is 357 g/mol. The number of carbonyl (C=O) groups is 2. The monoisotopic (exact) mass is 371 g/mol. The summed E-state index contributed by atoms with van der Waals surface area (Å²) in [6, 6.07) is 9.43. The Balaban J connectivity index is 1.49. The number of aromatic nitrogens is 2. The topological polar surface area (TPSA) is 81.2 Å². The second-order valence-electron chi connectivity index (χ2n) is 5.25. The summed E-state index contributed by atoms with van der Waals surface area (Å²) in [5, 5.41) is 4.84. The van der Waals surface area contributed by atoms with Crippen LogP contribution in [0.2, 0.25) is 0 Å². The van der Waals surface area contributed by atoms with Gasteiger partial charge in [0.2, 0.25) is 0 Å². The second kappa shape index (κ2) is 8.30. The van der Waals surface area contributed by atoms with Crippen LogP contribution in [0, 0.1) is 5.82 Å². The molecule has 0 saturated carbocycles. The molecule has 3 aromatic rings. The third kappa shape index (κ3) is 4.70. The molecule has 0 radical (unpaired) electrons. The molecule has 0 aliphatic rings. The normalized spacial score (nSPS) is 10.3.